The van der Waals surface area contributed by atoms with Crippen molar-refractivity contribution < 1.29 is 23.0 Å². The number of hydrogen-bond acceptors (Lipinski definition) is 3. The number of ether oxygens (including phenoxy) is 1. The van der Waals surface area contributed by atoms with E-state index in [2.05, 4.69) is 0 Å². The molecule has 3 N–H and O–H groups in total. The largest absolute Gasteiger partial charge is 0.496 e. The van der Waals surface area contributed by atoms with Crippen LogP contribution >= 0.6 is 0 Å². The van der Waals surface area contributed by atoms with Gasteiger partial charge in [0.15, 0.2) is 0 Å². The van der Waals surface area contributed by atoms with Crippen LogP contribution in [-0.4, -0.2) is 24.9 Å². The Bertz CT molecular complexity index is 467. The normalized spacial score (nSPS) is 26.9. The molecule has 19 heavy (non-hydrogen) atoms. The van der Waals surface area contributed by atoms with Crippen LogP contribution in [0.3, 0.4) is 0 Å². The van der Waals surface area contributed by atoms with Crippen molar-refractivity contribution in [1.29, 1.82) is 0 Å². The second-order valence-electron chi connectivity index (χ2n) is 4.96. The zero-order valence-electron chi connectivity index (χ0n) is 10.5. The van der Waals surface area contributed by atoms with Gasteiger partial charge in [-0.1, -0.05) is 0 Å². The minimum absolute atomic E-state index is 0.182. The van der Waals surface area contributed by atoms with Crippen LogP contribution in [0.5, 0.6) is 5.75 Å². The highest BCUT2D eigenvalue weighted by atomic mass is 19.4. The second-order valence-corrected chi connectivity index (χ2v) is 4.96. The molecule has 0 heterocycles. The maximum atomic E-state index is 12.8. The van der Waals surface area contributed by atoms with Crippen LogP contribution in [0.4, 0.5) is 13.2 Å². The van der Waals surface area contributed by atoms with Gasteiger partial charge in [0.1, 0.15) is 5.75 Å². The van der Waals surface area contributed by atoms with Crippen LogP contribution < -0.4 is 10.5 Å². The molecule has 3 nitrogen and oxygen atoms in total. The lowest BCUT2D eigenvalue weighted by molar-refractivity contribution is -0.137. The molecule has 0 bridgehead atoms. The Balaban J connectivity index is 2.48. The zero-order valence-corrected chi connectivity index (χ0v) is 10.5. The summed E-state index contributed by atoms with van der Waals surface area (Å²) in [5.74, 6) is 0.380. The molecule has 0 amide bonds. The molecule has 1 aliphatic rings. The van der Waals surface area contributed by atoms with Gasteiger partial charge in [-0.25, -0.2) is 0 Å². The first-order valence-electron chi connectivity index (χ1n) is 5.96. The summed E-state index contributed by atoms with van der Waals surface area (Å²) < 4.78 is 43.4. The van der Waals surface area contributed by atoms with E-state index in [9.17, 15) is 18.3 Å². The topological polar surface area (TPSA) is 55.5 Å². The third-order valence-electron chi connectivity index (χ3n) is 3.74. The van der Waals surface area contributed by atoms with Crippen LogP contribution in [0, 0.1) is 0 Å². The van der Waals surface area contributed by atoms with Gasteiger partial charge in [0.05, 0.1) is 18.8 Å². The SMILES string of the molecule is COc1ccc(C(F)(F)F)cc1C1(CN)CC(O)C1. The molecule has 0 saturated heterocycles. The van der Waals surface area contributed by atoms with Gasteiger partial charge in [0.2, 0.25) is 0 Å². The standard InChI is InChI=1S/C13H16F3NO2/c1-19-11-3-2-8(13(14,15)16)4-10(11)12(7-17)5-9(18)6-12/h2-4,9,18H,5-7,17H2,1H3. The fourth-order valence-electron chi connectivity index (χ4n) is 2.64. The van der Waals surface area contributed by atoms with Crippen molar-refractivity contribution in [3.05, 3.63) is 29.3 Å². The molecule has 1 fully saturated rings. The van der Waals surface area contributed by atoms with Gasteiger partial charge in [-0.2, -0.15) is 13.2 Å². The number of benzene rings is 1. The van der Waals surface area contributed by atoms with E-state index in [4.69, 9.17) is 10.5 Å². The maximum absolute atomic E-state index is 12.8. The lowest BCUT2D eigenvalue weighted by Gasteiger charge is -2.45. The van der Waals surface area contributed by atoms with Crippen LogP contribution in [0.2, 0.25) is 0 Å². The number of alkyl halides is 3. The molecule has 0 unspecified atom stereocenters. The number of aliphatic hydroxyl groups is 1. The summed E-state index contributed by atoms with van der Waals surface area (Å²) in [6.45, 7) is 0.182. The molecule has 1 saturated carbocycles. The van der Waals surface area contributed by atoms with E-state index in [-0.39, 0.29) is 6.54 Å². The molecule has 6 heteroatoms. The summed E-state index contributed by atoms with van der Waals surface area (Å²) in [4.78, 5) is 0. The molecule has 0 aromatic heterocycles. The molecule has 1 aromatic rings. The maximum Gasteiger partial charge on any atom is 0.416 e. The predicted molar refractivity (Wildman–Crippen MR) is 64.0 cm³/mol. The molecule has 0 atom stereocenters. The Hall–Kier alpha value is -1.27. The Kier molecular flexibility index (Phi) is 3.49. The van der Waals surface area contributed by atoms with Gasteiger partial charge >= 0.3 is 6.18 Å². The van der Waals surface area contributed by atoms with Crippen molar-refractivity contribution in [2.45, 2.75) is 30.5 Å². The Morgan fingerprint density at radius 2 is 2.05 bits per heavy atom. The summed E-state index contributed by atoms with van der Waals surface area (Å²) >= 11 is 0. The van der Waals surface area contributed by atoms with E-state index in [1.165, 1.54) is 13.2 Å². The summed E-state index contributed by atoms with van der Waals surface area (Å²) in [5, 5.41) is 9.45. The number of aliphatic hydroxyl groups excluding tert-OH is 1. The average Bonchev–Trinajstić information content (AvgIpc) is 2.33. The smallest absolute Gasteiger partial charge is 0.416 e. The summed E-state index contributed by atoms with van der Waals surface area (Å²) in [6, 6.07) is 3.37. The second kappa shape index (κ2) is 4.68. The van der Waals surface area contributed by atoms with Crippen molar-refractivity contribution >= 4 is 0 Å². The Labute approximate surface area is 109 Å². The minimum Gasteiger partial charge on any atom is -0.496 e. The number of halogens is 3. The van der Waals surface area contributed by atoms with Crippen LogP contribution in [0.15, 0.2) is 18.2 Å². The fraction of sp³-hybridized carbons (Fsp3) is 0.538. The van der Waals surface area contributed by atoms with Crippen molar-refractivity contribution in [3.8, 4) is 5.75 Å². The first kappa shape index (κ1) is 14.1. The first-order chi connectivity index (χ1) is 8.82. The van der Waals surface area contributed by atoms with Gasteiger partial charge in [0.25, 0.3) is 0 Å². The van der Waals surface area contributed by atoms with Crippen molar-refractivity contribution in [2.24, 2.45) is 5.73 Å². The van der Waals surface area contributed by atoms with E-state index in [1.54, 1.807) is 0 Å². The number of rotatable bonds is 3. The van der Waals surface area contributed by atoms with E-state index in [1.807, 2.05) is 0 Å². The van der Waals surface area contributed by atoms with Crippen LogP contribution in [0.25, 0.3) is 0 Å². The molecular weight excluding hydrogens is 259 g/mol. The molecule has 0 spiro atoms. The van der Waals surface area contributed by atoms with Crippen molar-refractivity contribution in [1.82, 2.24) is 0 Å². The molecule has 0 radical (unpaired) electrons. The summed E-state index contributed by atoms with van der Waals surface area (Å²) in [5.41, 5.74) is 4.78. The van der Waals surface area contributed by atoms with Gasteiger partial charge in [-0.3, -0.25) is 0 Å². The quantitative estimate of drug-likeness (QED) is 0.888. The van der Waals surface area contributed by atoms with Crippen LogP contribution in [0.1, 0.15) is 24.0 Å². The summed E-state index contributed by atoms with van der Waals surface area (Å²) in [7, 11) is 1.41. The predicted octanol–water partition coefficient (Wildman–Crippen LogP) is 2.07. The molecular formula is C13H16F3NO2. The highest BCUT2D eigenvalue weighted by Crippen LogP contribution is 2.47. The highest BCUT2D eigenvalue weighted by Gasteiger charge is 2.46. The monoisotopic (exact) mass is 275 g/mol. The van der Waals surface area contributed by atoms with Gasteiger partial charge in [-0.15, -0.1) is 0 Å². The lowest BCUT2D eigenvalue weighted by atomic mass is 9.62. The van der Waals surface area contributed by atoms with Crippen molar-refractivity contribution in [3.63, 3.8) is 0 Å². The third-order valence-corrected chi connectivity index (χ3v) is 3.74. The number of hydrogen-bond donors (Lipinski definition) is 2. The van der Waals surface area contributed by atoms with Gasteiger partial charge in [-0.05, 0) is 31.0 Å². The first-order valence-corrected chi connectivity index (χ1v) is 5.96. The van der Waals surface area contributed by atoms with Gasteiger partial charge < -0.3 is 15.6 Å². The van der Waals surface area contributed by atoms with Gasteiger partial charge in [0, 0.05) is 17.5 Å². The Morgan fingerprint density at radius 3 is 2.47 bits per heavy atom. The fourth-order valence-corrected chi connectivity index (χ4v) is 2.64. The Morgan fingerprint density at radius 1 is 1.42 bits per heavy atom. The number of methoxy groups -OCH3 is 1. The average molecular weight is 275 g/mol. The van der Waals surface area contributed by atoms with E-state index in [0.717, 1.165) is 12.1 Å². The van der Waals surface area contributed by atoms with E-state index < -0.39 is 23.3 Å². The van der Waals surface area contributed by atoms with Crippen molar-refractivity contribution in [2.75, 3.05) is 13.7 Å². The zero-order chi connectivity index (χ0) is 14.3. The third kappa shape index (κ3) is 2.42. The molecule has 2 rings (SSSR count). The summed E-state index contributed by atoms with van der Waals surface area (Å²) in [6.07, 6.45) is -4.19. The number of nitrogens with two attached hydrogens (primary N) is 1. The molecule has 0 aliphatic heterocycles. The van der Waals surface area contributed by atoms with Crippen LogP contribution in [-0.2, 0) is 11.6 Å². The highest BCUT2D eigenvalue weighted by molar-refractivity contribution is 5.45. The minimum atomic E-state index is -4.40. The molecule has 1 aliphatic carbocycles. The molecule has 106 valence electrons. The van der Waals surface area contributed by atoms with E-state index in [0.29, 0.717) is 24.2 Å². The molecule has 1 aromatic carbocycles. The lowest BCUT2D eigenvalue weighted by Crippen LogP contribution is -2.50. The van der Waals surface area contributed by atoms with E-state index >= 15 is 0 Å².